The Kier molecular flexibility index (Phi) is 2.69. The molecule has 1 aromatic carbocycles. The molecule has 0 saturated heterocycles. The molecule has 0 bridgehead atoms. The molecule has 4 N–H and O–H groups in total. The molecule has 64 valence electrons. The SMILES string of the molecule is CNc1ccc(CC(=N)N)cc1. The zero-order valence-corrected chi connectivity index (χ0v) is 7.09. The second-order valence-corrected chi connectivity index (χ2v) is 2.65. The highest BCUT2D eigenvalue weighted by Gasteiger charge is 1.94. The maximum absolute atomic E-state index is 7.09. The predicted octanol–water partition coefficient (Wildman–Crippen LogP) is 1.21. The maximum Gasteiger partial charge on any atom is 0.0950 e. The fourth-order valence-electron chi connectivity index (χ4n) is 1.01. The van der Waals surface area contributed by atoms with Crippen LogP contribution in [0, 0.1) is 5.41 Å². The minimum absolute atomic E-state index is 0.201. The van der Waals surface area contributed by atoms with Gasteiger partial charge in [0.2, 0.25) is 0 Å². The monoisotopic (exact) mass is 163 g/mol. The van der Waals surface area contributed by atoms with Crippen molar-refractivity contribution in [1.29, 1.82) is 5.41 Å². The van der Waals surface area contributed by atoms with Gasteiger partial charge in [0.1, 0.15) is 0 Å². The maximum atomic E-state index is 7.09. The van der Waals surface area contributed by atoms with E-state index in [4.69, 9.17) is 11.1 Å². The van der Waals surface area contributed by atoms with Crippen LogP contribution in [0.25, 0.3) is 0 Å². The Labute approximate surface area is 72.1 Å². The van der Waals surface area contributed by atoms with Gasteiger partial charge in [-0.3, -0.25) is 5.41 Å². The first kappa shape index (κ1) is 8.59. The van der Waals surface area contributed by atoms with Gasteiger partial charge < -0.3 is 11.1 Å². The summed E-state index contributed by atoms with van der Waals surface area (Å²) in [6, 6.07) is 7.87. The van der Waals surface area contributed by atoms with Crippen molar-refractivity contribution in [3.05, 3.63) is 29.8 Å². The number of rotatable bonds is 3. The van der Waals surface area contributed by atoms with Crippen LogP contribution in [0.2, 0.25) is 0 Å². The van der Waals surface area contributed by atoms with Gasteiger partial charge in [0.15, 0.2) is 0 Å². The largest absolute Gasteiger partial charge is 0.388 e. The summed E-state index contributed by atoms with van der Waals surface area (Å²) in [4.78, 5) is 0. The molecule has 0 saturated carbocycles. The second kappa shape index (κ2) is 3.76. The van der Waals surface area contributed by atoms with Gasteiger partial charge in [0.25, 0.3) is 0 Å². The Morgan fingerprint density at radius 1 is 1.42 bits per heavy atom. The third-order valence-corrected chi connectivity index (χ3v) is 1.64. The lowest BCUT2D eigenvalue weighted by Gasteiger charge is -2.01. The van der Waals surface area contributed by atoms with Crippen LogP contribution in [0.15, 0.2) is 24.3 Å². The first-order valence-electron chi connectivity index (χ1n) is 3.82. The summed E-state index contributed by atoms with van der Waals surface area (Å²) in [5, 5.41) is 10.1. The average Bonchev–Trinajstić information content (AvgIpc) is 2.05. The summed E-state index contributed by atoms with van der Waals surface area (Å²) in [7, 11) is 1.87. The molecule has 1 rings (SSSR count). The Balaban J connectivity index is 2.71. The number of amidine groups is 1. The van der Waals surface area contributed by atoms with Crippen molar-refractivity contribution in [2.75, 3.05) is 12.4 Å². The van der Waals surface area contributed by atoms with Crippen LogP contribution in [0.1, 0.15) is 5.56 Å². The van der Waals surface area contributed by atoms with Crippen molar-refractivity contribution >= 4 is 11.5 Å². The van der Waals surface area contributed by atoms with Gasteiger partial charge in [0.05, 0.1) is 5.84 Å². The summed E-state index contributed by atoms with van der Waals surface area (Å²) in [6.07, 6.45) is 0.532. The molecule has 0 aliphatic heterocycles. The van der Waals surface area contributed by atoms with Gasteiger partial charge in [-0.2, -0.15) is 0 Å². The molecule has 0 amide bonds. The van der Waals surface area contributed by atoms with Crippen LogP contribution in [0.4, 0.5) is 5.69 Å². The fourth-order valence-corrected chi connectivity index (χ4v) is 1.01. The van der Waals surface area contributed by atoms with Crippen molar-refractivity contribution in [3.63, 3.8) is 0 Å². The summed E-state index contributed by atoms with van der Waals surface area (Å²) >= 11 is 0. The molecule has 3 nitrogen and oxygen atoms in total. The lowest BCUT2D eigenvalue weighted by molar-refractivity contribution is 1.25. The van der Waals surface area contributed by atoms with E-state index >= 15 is 0 Å². The molecule has 0 aliphatic carbocycles. The fraction of sp³-hybridized carbons (Fsp3) is 0.222. The van der Waals surface area contributed by atoms with Gasteiger partial charge in [-0.1, -0.05) is 12.1 Å². The summed E-state index contributed by atoms with van der Waals surface area (Å²) in [5.74, 6) is 0.201. The number of hydrogen-bond donors (Lipinski definition) is 3. The molecule has 3 heteroatoms. The van der Waals surface area contributed by atoms with Crippen molar-refractivity contribution in [2.45, 2.75) is 6.42 Å². The topological polar surface area (TPSA) is 61.9 Å². The normalized spacial score (nSPS) is 9.42. The predicted molar refractivity (Wildman–Crippen MR) is 51.6 cm³/mol. The highest BCUT2D eigenvalue weighted by atomic mass is 14.8. The molecule has 0 unspecified atom stereocenters. The van der Waals surface area contributed by atoms with Crippen molar-refractivity contribution in [2.24, 2.45) is 5.73 Å². The van der Waals surface area contributed by atoms with Crippen LogP contribution >= 0.6 is 0 Å². The standard InChI is InChI=1S/C9H13N3/c1-12-8-4-2-7(3-5-8)6-9(10)11/h2-5,12H,6H2,1H3,(H3,10,11). The number of hydrogen-bond acceptors (Lipinski definition) is 2. The molecular formula is C9H13N3. The minimum Gasteiger partial charge on any atom is -0.388 e. The Morgan fingerprint density at radius 2 is 2.00 bits per heavy atom. The zero-order chi connectivity index (χ0) is 8.97. The van der Waals surface area contributed by atoms with Crippen molar-refractivity contribution in [1.82, 2.24) is 0 Å². The molecule has 0 atom stereocenters. The van der Waals surface area contributed by atoms with E-state index in [1.165, 1.54) is 0 Å². The quantitative estimate of drug-likeness (QED) is 0.463. The highest BCUT2D eigenvalue weighted by molar-refractivity contribution is 5.79. The third kappa shape index (κ3) is 2.27. The van der Waals surface area contributed by atoms with Crippen LogP contribution in [-0.2, 0) is 6.42 Å². The molecule has 0 fully saturated rings. The average molecular weight is 163 g/mol. The molecule has 0 spiro atoms. The summed E-state index contributed by atoms with van der Waals surface area (Å²) in [5.41, 5.74) is 7.41. The van der Waals surface area contributed by atoms with E-state index in [2.05, 4.69) is 5.32 Å². The van der Waals surface area contributed by atoms with E-state index in [9.17, 15) is 0 Å². The molecule has 0 aliphatic rings. The number of benzene rings is 1. The lowest BCUT2D eigenvalue weighted by Crippen LogP contribution is -2.12. The van der Waals surface area contributed by atoms with Gasteiger partial charge in [0, 0.05) is 19.2 Å². The van der Waals surface area contributed by atoms with Gasteiger partial charge in [-0.05, 0) is 17.7 Å². The summed E-state index contributed by atoms with van der Waals surface area (Å²) in [6.45, 7) is 0. The van der Waals surface area contributed by atoms with E-state index in [-0.39, 0.29) is 5.84 Å². The Hall–Kier alpha value is -1.51. The molecular weight excluding hydrogens is 150 g/mol. The number of anilines is 1. The molecule has 0 aromatic heterocycles. The van der Waals surface area contributed by atoms with Gasteiger partial charge >= 0.3 is 0 Å². The van der Waals surface area contributed by atoms with E-state index in [0.717, 1.165) is 11.3 Å². The smallest absolute Gasteiger partial charge is 0.0950 e. The van der Waals surface area contributed by atoms with E-state index in [1.54, 1.807) is 0 Å². The molecule has 0 heterocycles. The van der Waals surface area contributed by atoms with Crippen LogP contribution < -0.4 is 11.1 Å². The zero-order valence-electron chi connectivity index (χ0n) is 7.09. The molecule has 0 radical (unpaired) electrons. The lowest BCUT2D eigenvalue weighted by atomic mass is 10.1. The number of nitrogens with two attached hydrogens (primary N) is 1. The van der Waals surface area contributed by atoms with Crippen LogP contribution in [0.5, 0.6) is 0 Å². The first-order valence-corrected chi connectivity index (χ1v) is 3.82. The van der Waals surface area contributed by atoms with Crippen molar-refractivity contribution < 1.29 is 0 Å². The molecule has 12 heavy (non-hydrogen) atoms. The number of nitrogens with one attached hydrogen (secondary N) is 2. The van der Waals surface area contributed by atoms with E-state index in [0.29, 0.717) is 6.42 Å². The van der Waals surface area contributed by atoms with E-state index in [1.807, 2.05) is 31.3 Å². The van der Waals surface area contributed by atoms with Crippen LogP contribution in [-0.4, -0.2) is 12.9 Å². The van der Waals surface area contributed by atoms with Crippen molar-refractivity contribution in [3.8, 4) is 0 Å². The van der Waals surface area contributed by atoms with E-state index < -0.39 is 0 Å². The molecule has 1 aromatic rings. The third-order valence-electron chi connectivity index (χ3n) is 1.64. The second-order valence-electron chi connectivity index (χ2n) is 2.65. The Bertz CT molecular complexity index is 264. The first-order chi connectivity index (χ1) is 5.72. The summed E-state index contributed by atoms with van der Waals surface area (Å²) < 4.78 is 0. The Morgan fingerprint density at radius 3 is 2.42 bits per heavy atom. The van der Waals surface area contributed by atoms with Crippen LogP contribution in [0.3, 0.4) is 0 Å². The van der Waals surface area contributed by atoms with Gasteiger partial charge in [-0.25, -0.2) is 0 Å². The highest BCUT2D eigenvalue weighted by Crippen LogP contribution is 2.08. The minimum atomic E-state index is 0.201. The van der Waals surface area contributed by atoms with Gasteiger partial charge in [-0.15, -0.1) is 0 Å².